The molecule has 0 spiro atoms. The third-order valence-corrected chi connectivity index (χ3v) is 4.38. The van der Waals surface area contributed by atoms with E-state index < -0.39 is 77.1 Å². The molecule has 2 aromatic carbocycles. The molecule has 0 unspecified atom stereocenters. The Balaban J connectivity index is 2.42. The normalized spacial score (nSPS) is 11.9. The Kier molecular flexibility index (Phi) is 6.52. The SMILES string of the molecule is O=[N+]([O-])c1cc(SC(F)(F)F)ccc1Oc1ccc(SC(F)(F)F)cc1[N+](=O)[O-]. The molecule has 29 heavy (non-hydrogen) atoms. The van der Waals surface area contributed by atoms with Gasteiger partial charge in [-0.25, -0.2) is 0 Å². The number of halogens is 6. The maximum absolute atomic E-state index is 12.4. The summed E-state index contributed by atoms with van der Waals surface area (Å²) in [4.78, 5) is 19.1. The fraction of sp³-hybridized carbons (Fsp3) is 0.143. The minimum atomic E-state index is -4.71. The lowest BCUT2D eigenvalue weighted by molar-refractivity contribution is -0.387. The molecule has 0 atom stereocenters. The minimum absolute atomic E-state index is 0.525. The van der Waals surface area contributed by atoms with E-state index >= 15 is 0 Å². The third-order valence-electron chi connectivity index (χ3n) is 2.94. The van der Waals surface area contributed by atoms with E-state index in [-0.39, 0.29) is 0 Å². The highest BCUT2D eigenvalue weighted by Crippen LogP contribution is 2.44. The molecule has 0 saturated carbocycles. The summed E-state index contributed by atoms with van der Waals surface area (Å²) in [6.45, 7) is 0. The molecule has 2 aromatic rings. The van der Waals surface area contributed by atoms with E-state index in [2.05, 4.69) is 0 Å². The van der Waals surface area contributed by atoms with Crippen LogP contribution in [0.25, 0.3) is 0 Å². The number of benzene rings is 2. The number of nitrogens with zero attached hydrogens (tertiary/aromatic N) is 2. The Bertz CT molecular complexity index is 876. The van der Waals surface area contributed by atoms with Crippen molar-refractivity contribution in [2.45, 2.75) is 20.8 Å². The number of nitro benzene ring substituents is 2. The van der Waals surface area contributed by atoms with Crippen LogP contribution < -0.4 is 4.74 Å². The lowest BCUT2D eigenvalue weighted by Gasteiger charge is -2.10. The molecule has 0 fully saturated rings. The first-order chi connectivity index (χ1) is 13.2. The van der Waals surface area contributed by atoms with Crippen LogP contribution in [0.15, 0.2) is 46.2 Å². The van der Waals surface area contributed by atoms with Gasteiger partial charge < -0.3 is 4.74 Å². The highest BCUT2D eigenvalue weighted by Gasteiger charge is 2.32. The van der Waals surface area contributed by atoms with Crippen LogP contribution in [0.1, 0.15) is 0 Å². The van der Waals surface area contributed by atoms with Crippen molar-refractivity contribution in [3.05, 3.63) is 56.6 Å². The van der Waals surface area contributed by atoms with Crippen molar-refractivity contribution in [2.24, 2.45) is 0 Å². The zero-order chi connectivity index (χ0) is 22.0. The highest BCUT2D eigenvalue weighted by atomic mass is 32.2. The second-order valence-corrected chi connectivity index (χ2v) is 7.25. The molecular weight excluding hydrogens is 454 g/mol. The van der Waals surface area contributed by atoms with Gasteiger partial charge in [0.1, 0.15) is 0 Å². The van der Waals surface area contributed by atoms with E-state index in [1.165, 1.54) is 0 Å². The zero-order valence-corrected chi connectivity index (χ0v) is 15.1. The second-order valence-electron chi connectivity index (χ2n) is 4.97. The summed E-state index contributed by atoms with van der Waals surface area (Å²) in [5.74, 6) is -1.25. The van der Waals surface area contributed by atoms with E-state index in [1.807, 2.05) is 0 Å². The standard InChI is InChI=1S/C14H6F6N2O5S2/c15-13(16,17)28-7-1-3-11(9(5-7)21(23)24)27-12-4-2-8(29-14(18,19)20)6-10(12)22(25)26/h1-6H. The van der Waals surface area contributed by atoms with Gasteiger partial charge in [-0.3, -0.25) is 20.2 Å². The molecule has 0 bridgehead atoms. The summed E-state index contributed by atoms with van der Waals surface area (Å²) in [5, 5.41) is 22.3. The van der Waals surface area contributed by atoms with E-state index in [0.29, 0.717) is 12.1 Å². The molecule has 0 radical (unpaired) electrons. The summed E-state index contributed by atoms with van der Waals surface area (Å²) in [5.41, 5.74) is -11.2. The Morgan fingerprint density at radius 3 is 1.34 bits per heavy atom. The largest absolute Gasteiger partial charge is 0.446 e. The molecule has 15 heteroatoms. The van der Waals surface area contributed by atoms with Gasteiger partial charge in [0.2, 0.25) is 11.5 Å². The number of thioether (sulfide) groups is 2. The van der Waals surface area contributed by atoms with Gasteiger partial charge in [-0.15, -0.1) is 0 Å². The van der Waals surface area contributed by atoms with Gasteiger partial charge in [-0.2, -0.15) is 26.3 Å². The van der Waals surface area contributed by atoms with Crippen LogP contribution in [-0.4, -0.2) is 20.9 Å². The third kappa shape index (κ3) is 6.70. The minimum Gasteiger partial charge on any atom is -0.443 e. The number of hydrogen-bond acceptors (Lipinski definition) is 7. The lowest BCUT2D eigenvalue weighted by Crippen LogP contribution is -2.01. The first-order valence-corrected chi connectivity index (χ1v) is 8.65. The monoisotopic (exact) mass is 460 g/mol. The van der Waals surface area contributed by atoms with E-state index in [1.54, 1.807) is 0 Å². The average Bonchev–Trinajstić information content (AvgIpc) is 2.54. The van der Waals surface area contributed by atoms with Crippen LogP contribution in [0.3, 0.4) is 0 Å². The van der Waals surface area contributed by atoms with Crippen molar-refractivity contribution < 1.29 is 40.9 Å². The fourth-order valence-electron chi connectivity index (χ4n) is 1.97. The number of ether oxygens (including phenoxy) is 1. The van der Waals surface area contributed by atoms with E-state index in [0.717, 1.165) is 24.3 Å². The van der Waals surface area contributed by atoms with Gasteiger partial charge in [0.15, 0.2) is 0 Å². The van der Waals surface area contributed by atoms with Gasteiger partial charge in [0.25, 0.3) is 0 Å². The first-order valence-electron chi connectivity index (χ1n) is 7.01. The smallest absolute Gasteiger partial charge is 0.443 e. The molecule has 0 aromatic heterocycles. The fourth-order valence-corrected chi connectivity index (χ4v) is 3.11. The van der Waals surface area contributed by atoms with Crippen molar-refractivity contribution in [2.75, 3.05) is 0 Å². The summed E-state index contributed by atoms with van der Waals surface area (Å²) in [6, 6.07) is 4.42. The molecule has 0 N–H and O–H groups in total. The summed E-state index contributed by atoms with van der Waals surface area (Å²) >= 11 is -1.23. The Morgan fingerprint density at radius 2 is 1.07 bits per heavy atom. The maximum Gasteiger partial charge on any atom is 0.446 e. The maximum atomic E-state index is 12.4. The van der Waals surface area contributed by atoms with E-state index in [4.69, 9.17) is 4.74 Å². The van der Waals surface area contributed by atoms with Gasteiger partial charge in [0, 0.05) is 21.9 Å². The van der Waals surface area contributed by atoms with Crippen LogP contribution in [0.4, 0.5) is 37.7 Å². The number of rotatable bonds is 6. The van der Waals surface area contributed by atoms with Gasteiger partial charge in [0.05, 0.1) is 9.85 Å². The van der Waals surface area contributed by atoms with Crippen molar-refractivity contribution in [3.8, 4) is 11.5 Å². The van der Waals surface area contributed by atoms with Crippen molar-refractivity contribution in [1.82, 2.24) is 0 Å². The number of nitro groups is 2. The molecular formula is C14H6F6N2O5S2. The van der Waals surface area contributed by atoms with E-state index in [9.17, 15) is 46.6 Å². The molecule has 0 aliphatic carbocycles. The molecule has 0 saturated heterocycles. The molecule has 7 nitrogen and oxygen atoms in total. The Morgan fingerprint density at radius 1 is 0.724 bits per heavy atom. The Labute approximate surface area is 165 Å². The quantitative estimate of drug-likeness (QED) is 0.210. The number of hydrogen-bond donors (Lipinski definition) is 0. The van der Waals surface area contributed by atoms with Crippen molar-refractivity contribution >= 4 is 34.9 Å². The molecule has 156 valence electrons. The Hall–Kier alpha value is -2.68. The predicted molar refractivity (Wildman–Crippen MR) is 90.1 cm³/mol. The van der Waals surface area contributed by atoms with Gasteiger partial charge in [-0.1, -0.05) is 0 Å². The van der Waals surface area contributed by atoms with Gasteiger partial charge >= 0.3 is 22.4 Å². The zero-order valence-electron chi connectivity index (χ0n) is 13.5. The van der Waals surface area contributed by atoms with Crippen LogP contribution in [0.2, 0.25) is 0 Å². The van der Waals surface area contributed by atoms with Crippen molar-refractivity contribution in [3.63, 3.8) is 0 Å². The summed E-state index contributed by atoms with van der Waals surface area (Å²) < 4.78 is 79.6. The molecule has 0 heterocycles. The molecule has 0 amide bonds. The van der Waals surface area contributed by atoms with Crippen LogP contribution in [0, 0.1) is 20.2 Å². The van der Waals surface area contributed by atoms with Crippen LogP contribution in [0.5, 0.6) is 11.5 Å². The molecule has 2 rings (SSSR count). The topological polar surface area (TPSA) is 95.5 Å². The highest BCUT2D eigenvalue weighted by molar-refractivity contribution is 8.00. The number of alkyl halides is 6. The van der Waals surface area contributed by atoms with Crippen LogP contribution in [-0.2, 0) is 0 Å². The molecule has 0 aliphatic rings. The second kappa shape index (κ2) is 8.36. The first kappa shape index (κ1) is 22.6. The van der Waals surface area contributed by atoms with Crippen LogP contribution >= 0.6 is 23.5 Å². The van der Waals surface area contributed by atoms with Crippen molar-refractivity contribution in [1.29, 1.82) is 0 Å². The summed E-state index contributed by atoms with van der Waals surface area (Å²) in [6.07, 6.45) is 0. The average molecular weight is 460 g/mol. The predicted octanol–water partition coefficient (Wildman–Crippen LogP) is 6.52. The van der Waals surface area contributed by atoms with Gasteiger partial charge in [-0.05, 0) is 47.8 Å². The summed E-state index contributed by atoms with van der Waals surface area (Å²) in [7, 11) is 0. The lowest BCUT2D eigenvalue weighted by atomic mass is 10.2. The molecule has 0 aliphatic heterocycles.